The number of aromatic nitrogens is 1. The van der Waals surface area contributed by atoms with Crippen molar-refractivity contribution in [1.29, 1.82) is 0 Å². The molecule has 1 N–H and O–H groups in total. The van der Waals surface area contributed by atoms with Crippen molar-refractivity contribution >= 4 is 16.8 Å². The number of hydrogen-bond donors (Lipinski definition) is 1. The average Bonchev–Trinajstić information content (AvgIpc) is 3.29. The SMILES string of the molecule is CC(C)(C)c1ccc(-c2cc(C(=O)NCc3ccc4c(c3)OCO4)c3ccccc3n2)cc1. The Labute approximate surface area is 193 Å². The fraction of sp³-hybridized carbons (Fsp3) is 0.214. The van der Waals surface area contributed by atoms with E-state index in [9.17, 15) is 4.79 Å². The van der Waals surface area contributed by atoms with Crippen LogP contribution in [0.2, 0.25) is 0 Å². The Balaban J connectivity index is 1.45. The number of para-hydroxylation sites is 1. The van der Waals surface area contributed by atoms with E-state index >= 15 is 0 Å². The predicted octanol–water partition coefficient (Wildman–Crippen LogP) is 5.86. The molecule has 0 spiro atoms. The first-order valence-corrected chi connectivity index (χ1v) is 11.1. The Kier molecular flexibility index (Phi) is 5.25. The molecule has 4 aromatic rings. The van der Waals surface area contributed by atoms with Crippen LogP contribution in [0, 0.1) is 0 Å². The van der Waals surface area contributed by atoms with Gasteiger partial charge in [-0.2, -0.15) is 0 Å². The van der Waals surface area contributed by atoms with Crippen molar-refractivity contribution in [2.24, 2.45) is 0 Å². The maximum absolute atomic E-state index is 13.2. The van der Waals surface area contributed by atoms with Gasteiger partial charge in [0.2, 0.25) is 6.79 Å². The molecule has 1 aliphatic heterocycles. The Morgan fingerprint density at radius 3 is 2.48 bits per heavy atom. The van der Waals surface area contributed by atoms with Gasteiger partial charge in [0.25, 0.3) is 5.91 Å². The zero-order valence-electron chi connectivity index (χ0n) is 19.0. The summed E-state index contributed by atoms with van der Waals surface area (Å²) in [6, 6.07) is 23.7. The first-order chi connectivity index (χ1) is 15.9. The van der Waals surface area contributed by atoms with Gasteiger partial charge >= 0.3 is 0 Å². The lowest BCUT2D eigenvalue weighted by Gasteiger charge is -2.19. The average molecular weight is 439 g/mol. The minimum Gasteiger partial charge on any atom is -0.454 e. The van der Waals surface area contributed by atoms with Crippen LogP contribution in [-0.4, -0.2) is 17.7 Å². The number of ether oxygens (including phenoxy) is 2. The van der Waals surface area contributed by atoms with Crippen LogP contribution in [0.25, 0.3) is 22.2 Å². The molecule has 5 nitrogen and oxygen atoms in total. The lowest BCUT2D eigenvalue weighted by molar-refractivity contribution is 0.0952. The molecule has 0 aliphatic carbocycles. The third-order valence-corrected chi connectivity index (χ3v) is 5.90. The molecule has 33 heavy (non-hydrogen) atoms. The third-order valence-electron chi connectivity index (χ3n) is 5.90. The van der Waals surface area contributed by atoms with E-state index in [-0.39, 0.29) is 18.1 Å². The van der Waals surface area contributed by atoms with E-state index in [0.717, 1.165) is 33.5 Å². The molecule has 1 aliphatic rings. The second-order valence-electron chi connectivity index (χ2n) is 9.27. The summed E-state index contributed by atoms with van der Waals surface area (Å²) in [7, 11) is 0. The standard InChI is InChI=1S/C28H26N2O3/c1-28(2,3)20-11-9-19(10-12-20)24-15-22(21-6-4-5-7-23(21)30-24)27(31)29-16-18-8-13-25-26(14-18)33-17-32-25/h4-15H,16-17H2,1-3H3,(H,29,31). The van der Waals surface area contributed by atoms with E-state index in [1.807, 2.05) is 48.5 Å². The van der Waals surface area contributed by atoms with Gasteiger partial charge in [-0.1, -0.05) is 69.3 Å². The number of benzene rings is 3. The van der Waals surface area contributed by atoms with E-state index in [4.69, 9.17) is 14.5 Å². The van der Waals surface area contributed by atoms with Gasteiger partial charge in [0.1, 0.15) is 0 Å². The molecule has 0 saturated carbocycles. The lowest BCUT2D eigenvalue weighted by atomic mass is 9.86. The number of nitrogens with one attached hydrogen (secondary N) is 1. The monoisotopic (exact) mass is 438 g/mol. The van der Waals surface area contributed by atoms with Gasteiger partial charge in [0.05, 0.1) is 16.8 Å². The second kappa shape index (κ2) is 8.24. The minimum absolute atomic E-state index is 0.0785. The van der Waals surface area contributed by atoms with Crippen molar-refractivity contribution in [2.45, 2.75) is 32.7 Å². The van der Waals surface area contributed by atoms with Crippen molar-refractivity contribution in [3.05, 3.63) is 89.5 Å². The Morgan fingerprint density at radius 1 is 0.939 bits per heavy atom. The number of hydrogen-bond acceptors (Lipinski definition) is 4. The maximum atomic E-state index is 13.2. The largest absolute Gasteiger partial charge is 0.454 e. The summed E-state index contributed by atoms with van der Waals surface area (Å²) < 4.78 is 10.8. The molecule has 5 rings (SSSR count). The van der Waals surface area contributed by atoms with Gasteiger partial charge in [-0.25, -0.2) is 4.98 Å². The topological polar surface area (TPSA) is 60.5 Å². The van der Waals surface area contributed by atoms with Gasteiger partial charge in [0, 0.05) is 17.5 Å². The number of fused-ring (bicyclic) bond motifs is 2. The molecule has 2 heterocycles. The van der Waals surface area contributed by atoms with Gasteiger partial charge in [0.15, 0.2) is 11.5 Å². The molecule has 0 bridgehead atoms. The highest BCUT2D eigenvalue weighted by atomic mass is 16.7. The second-order valence-corrected chi connectivity index (χ2v) is 9.27. The molecule has 0 atom stereocenters. The van der Waals surface area contributed by atoms with Gasteiger partial charge in [-0.15, -0.1) is 0 Å². The number of pyridine rings is 1. The highest BCUT2D eigenvalue weighted by molar-refractivity contribution is 6.07. The molecule has 0 fully saturated rings. The van der Waals surface area contributed by atoms with Crippen LogP contribution in [0.3, 0.4) is 0 Å². The van der Waals surface area contributed by atoms with E-state index < -0.39 is 0 Å². The van der Waals surface area contributed by atoms with E-state index in [1.165, 1.54) is 5.56 Å². The van der Waals surface area contributed by atoms with Crippen molar-refractivity contribution in [3.63, 3.8) is 0 Å². The first-order valence-electron chi connectivity index (χ1n) is 11.1. The number of nitrogens with zero attached hydrogens (tertiary/aromatic N) is 1. The fourth-order valence-corrected chi connectivity index (χ4v) is 3.98. The van der Waals surface area contributed by atoms with Crippen molar-refractivity contribution < 1.29 is 14.3 Å². The van der Waals surface area contributed by atoms with Gasteiger partial charge in [-0.3, -0.25) is 4.79 Å². The van der Waals surface area contributed by atoms with Crippen molar-refractivity contribution in [2.75, 3.05) is 6.79 Å². The van der Waals surface area contributed by atoms with E-state index in [2.05, 4.69) is 50.4 Å². The molecular weight excluding hydrogens is 412 g/mol. The quantitative estimate of drug-likeness (QED) is 0.434. The number of carbonyl (C=O) groups excluding carboxylic acids is 1. The molecule has 5 heteroatoms. The number of carbonyl (C=O) groups is 1. The van der Waals surface area contributed by atoms with Crippen molar-refractivity contribution in [1.82, 2.24) is 10.3 Å². The molecular formula is C28H26N2O3. The molecule has 3 aromatic carbocycles. The van der Waals surface area contributed by atoms with Gasteiger partial charge in [-0.05, 0) is 40.8 Å². The number of rotatable bonds is 4. The zero-order chi connectivity index (χ0) is 23.0. The van der Waals surface area contributed by atoms with Crippen LogP contribution in [0.15, 0.2) is 72.8 Å². The summed E-state index contributed by atoms with van der Waals surface area (Å²) in [4.78, 5) is 18.1. The van der Waals surface area contributed by atoms with Crippen LogP contribution in [0.5, 0.6) is 11.5 Å². The molecule has 0 radical (unpaired) electrons. The molecule has 1 aromatic heterocycles. The summed E-state index contributed by atoms with van der Waals surface area (Å²) in [5, 5.41) is 3.87. The number of amides is 1. The maximum Gasteiger partial charge on any atom is 0.252 e. The van der Waals surface area contributed by atoms with E-state index in [1.54, 1.807) is 0 Å². The molecule has 166 valence electrons. The normalized spacial score (nSPS) is 12.7. The minimum atomic E-state index is -0.140. The summed E-state index contributed by atoms with van der Waals surface area (Å²) in [6.45, 7) is 7.20. The van der Waals surface area contributed by atoms with Crippen LogP contribution in [-0.2, 0) is 12.0 Å². The summed E-state index contributed by atoms with van der Waals surface area (Å²) in [6.07, 6.45) is 0. The van der Waals surface area contributed by atoms with Gasteiger partial charge < -0.3 is 14.8 Å². The Bertz CT molecular complexity index is 1340. The summed E-state index contributed by atoms with van der Waals surface area (Å²) in [5.74, 6) is 1.29. The smallest absolute Gasteiger partial charge is 0.252 e. The summed E-state index contributed by atoms with van der Waals surface area (Å²) in [5.41, 5.74) is 5.45. The predicted molar refractivity (Wildman–Crippen MR) is 130 cm³/mol. The highest BCUT2D eigenvalue weighted by Gasteiger charge is 2.17. The zero-order valence-corrected chi connectivity index (χ0v) is 19.0. The van der Waals surface area contributed by atoms with Crippen LogP contribution in [0.1, 0.15) is 42.3 Å². The van der Waals surface area contributed by atoms with Crippen LogP contribution >= 0.6 is 0 Å². The molecule has 0 saturated heterocycles. The van der Waals surface area contributed by atoms with Crippen LogP contribution in [0.4, 0.5) is 0 Å². The first kappa shape index (κ1) is 21.0. The third kappa shape index (κ3) is 4.27. The Morgan fingerprint density at radius 2 is 1.70 bits per heavy atom. The Hall–Kier alpha value is -3.86. The molecule has 0 unspecified atom stereocenters. The lowest BCUT2D eigenvalue weighted by Crippen LogP contribution is -2.23. The van der Waals surface area contributed by atoms with Crippen molar-refractivity contribution in [3.8, 4) is 22.8 Å². The fourth-order valence-electron chi connectivity index (χ4n) is 3.98. The van der Waals surface area contributed by atoms with Crippen LogP contribution < -0.4 is 14.8 Å². The van der Waals surface area contributed by atoms with E-state index in [0.29, 0.717) is 17.9 Å². The summed E-state index contributed by atoms with van der Waals surface area (Å²) >= 11 is 0. The molecule has 1 amide bonds. The highest BCUT2D eigenvalue weighted by Crippen LogP contribution is 2.32.